The number of carbonyl (C=O) groups excluding carboxylic acids is 3. The molecule has 11 nitrogen and oxygen atoms in total. The third kappa shape index (κ3) is 8.13. The monoisotopic (exact) mass is 607 g/mol. The van der Waals surface area contributed by atoms with E-state index in [1.54, 1.807) is 0 Å². The highest BCUT2D eigenvalue weighted by Gasteiger charge is 2.16. The SMILES string of the molecule is O=C(COc1ccccc1[N+](=O)[O-])N/N=C\c1ccc(OC(=O)c2ccc(Cl)cc2)cc1OC(=O)c1ccc(Cl)cc1. The van der Waals surface area contributed by atoms with Gasteiger partial charge in [-0.3, -0.25) is 14.9 Å². The zero-order chi connectivity index (χ0) is 30.1. The molecule has 0 spiro atoms. The summed E-state index contributed by atoms with van der Waals surface area (Å²) in [7, 11) is 0. The van der Waals surface area contributed by atoms with E-state index in [1.807, 2.05) is 0 Å². The first kappa shape index (κ1) is 29.7. The fraction of sp³-hybridized carbons (Fsp3) is 0.0345. The molecule has 13 heteroatoms. The molecule has 4 aromatic carbocycles. The Morgan fingerprint density at radius 3 is 2.02 bits per heavy atom. The molecule has 0 atom stereocenters. The number of carbonyl (C=O) groups is 3. The van der Waals surface area contributed by atoms with Gasteiger partial charge in [-0.05, 0) is 66.7 Å². The van der Waals surface area contributed by atoms with E-state index in [9.17, 15) is 24.5 Å². The lowest BCUT2D eigenvalue weighted by Gasteiger charge is -2.11. The zero-order valence-corrected chi connectivity index (χ0v) is 22.9. The molecule has 0 fully saturated rings. The summed E-state index contributed by atoms with van der Waals surface area (Å²) in [5.74, 6) is -2.17. The van der Waals surface area contributed by atoms with Gasteiger partial charge in [0.05, 0.1) is 22.3 Å². The van der Waals surface area contributed by atoms with Crippen LogP contribution in [0.25, 0.3) is 0 Å². The summed E-state index contributed by atoms with van der Waals surface area (Å²) in [6.45, 7) is -0.555. The molecule has 0 aliphatic carbocycles. The molecule has 0 aliphatic heterocycles. The van der Waals surface area contributed by atoms with Crippen LogP contribution in [0.15, 0.2) is 96.1 Å². The third-order valence-corrected chi connectivity index (χ3v) is 5.88. The number of esters is 2. The summed E-state index contributed by atoms with van der Waals surface area (Å²) in [6.07, 6.45) is 1.19. The minimum atomic E-state index is -0.732. The highest BCUT2D eigenvalue weighted by atomic mass is 35.5. The molecule has 0 saturated heterocycles. The van der Waals surface area contributed by atoms with Crippen molar-refractivity contribution in [3.63, 3.8) is 0 Å². The van der Waals surface area contributed by atoms with Crippen LogP contribution in [-0.4, -0.2) is 35.6 Å². The Bertz CT molecular complexity index is 1660. The van der Waals surface area contributed by atoms with Gasteiger partial charge in [0.1, 0.15) is 11.5 Å². The number of hydrogen-bond acceptors (Lipinski definition) is 9. The molecular formula is C29H19Cl2N3O8. The van der Waals surface area contributed by atoms with Gasteiger partial charge in [-0.25, -0.2) is 15.0 Å². The van der Waals surface area contributed by atoms with Crippen molar-refractivity contribution in [2.45, 2.75) is 0 Å². The standard InChI is InChI=1S/C29H19Cl2N3O8/c30-21-10-5-18(6-11-21)28(36)41-23-14-9-20(26(15-23)42-29(37)19-7-12-22(31)13-8-19)16-32-33-27(35)17-40-25-4-2-1-3-24(25)34(38)39/h1-16H,17H2,(H,33,35)/b32-16-. The van der Waals surface area contributed by atoms with Crippen LogP contribution in [0.1, 0.15) is 26.3 Å². The van der Waals surface area contributed by atoms with E-state index < -0.39 is 29.4 Å². The van der Waals surface area contributed by atoms with E-state index in [2.05, 4.69) is 10.5 Å². The lowest BCUT2D eigenvalue weighted by Crippen LogP contribution is -2.24. The van der Waals surface area contributed by atoms with Crippen molar-refractivity contribution in [1.82, 2.24) is 5.43 Å². The number of benzene rings is 4. The van der Waals surface area contributed by atoms with Gasteiger partial charge in [-0.1, -0.05) is 35.3 Å². The molecule has 0 unspecified atom stereocenters. The van der Waals surface area contributed by atoms with Crippen molar-refractivity contribution in [2.24, 2.45) is 5.10 Å². The minimum absolute atomic E-state index is 0.0366. The summed E-state index contributed by atoms with van der Waals surface area (Å²) in [4.78, 5) is 48.0. The van der Waals surface area contributed by atoms with Crippen molar-refractivity contribution in [1.29, 1.82) is 0 Å². The molecule has 1 amide bonds. The van der Waals surface area contributed by atoms with Crippen molar-refractivity contribution in [3.05, 3.63) is 128 Å². The highest BCUT2D eigenvalue weighted by molar-refractivity contribution is 6.31. The van der Waals surface area contributed by atoms with Gasteiger partial charge < -0.3 is 14.2 Å². The van der Waals surface area contributed by atoms with Crippen LogP contribution < -0.4 is 19.6 Å². The first-order valence-electron chi connectivity index (χ1n) is 12.0. The molecule has 0 saturated carbocycles. The van der Waals surface area contributed by atoms with Crippen molar-refractivity contribution >= 4 is 52.9 Å². The maximum absolute atomic E-state index is 12.8. The van der Waals surface area contributed by atoms with Gasteiger partial charge in [-0.15, -0.1) is 0 Å². The normalized spacial score (nSPS) is 10.6. The molecule has 0 bridgehead atoms. The number of rotatable bonds is 10. The second-order valence-electron chi connectivity index (χ2n) is 8.30. The molecule has 212 valence electrons. The second-order valence-corrected chi connectivity index (χ2v) is 9.17. The highest BCUT2D eigenvalue weighted by Crippen LogP contribution is 2.27. The van der Waals surface area contributed by atoms with Gasteiger partial charge in [0, 0.05) is 27.7 Å². The van der Waals surface area contributed by atoms with Crippen LogP contribution in [0.2, 0.25) is 10.0 Å². The average molecular weight is 608 g/mol. The Morgan fingerprint density at radius 2 is 1.40 bits per heavy atom. The number of hydrazone groups is 1. The lowest BCUT2D eigenvalue weighted by molar-refractivity contribution is -0.385. The van der Waals surface area contributed by atoms with Gasteiger partial charge in [-0.2, -0.15) is 5.10 Å². The molecule has 0 heterocycles. The first-order valence-corrected chi connectivity index (χ1v) is 12.7. The molecule has 0 radical (unpaired) electrons. The number of nitro benzene ring substituents is 1. The van der Waals surface area contributed by atoms with E-state index >= 15 is 0 Å². The summed E-state index contributed by atoms with van der Waals surface area (Å²) < 4.78 is 16.2. The summed E-state index contributed by atoms with van der Waals surface area (Å²) in [5, 5.41) is 15.8. The Morgan fingerprint density at radius 1 is 0.810 bits per heavy atom. The Labute approximate surface area is 248 Å². The smallest absolute Gasteiger partial charge is 0.343 e. The Balaban J connectivity index is 1.49. The van der Waals surface area contributed by atoms with Gasteiger partial charge in [0.15, 0.2) is 12.4 Å². The van der Waals surface area contributed by atoms with Crippen LogP contribution >= 0.6 is 23.2 Å². The maximum Gasteiger partial charge on any atom is 0.343 e. The Kier molecular flexibility index (Phi) is 9.82. The molecule has 0 aliphatic rings. The van der Waals surface area contributed by atoms with Gasteiger partial charge in [0.2, 0.25) is 0 Å². The van der Waals surface area contributed by atoms with Crippen LogP contribution in [0, 0.1) is 10.1 Å². The molecule has 4 aromatic rings. The number of ether oxygens (including phenoxy) is 3. The van der Waals surface area contributed by atoms with Crippen LogP contribution in [0.4, 0.5) is 5.69 Å². The quantitative estimate of drug-likeness (QED) is 0.0774. The summed E-state index contributed by atoms with van der Waals surface area (Å²) in [5.41, 5.74) is 2.62. The van der Waals surface area contributed by atoms with Crippen molar-refractivity contribution in [3.8, 4) is 17.2 Å². The maximum atomic E-state index is 12.8. The van der Waals surface area contributed by atoms with Crippen molar-refractivity contribution < 1.29 is 33.5 Å². The molecule has 1 N–H and O–H groups in total. The van der Waals surface area contributed by atoms with E-state index in [4.69, 9.17) is 37.4 Å². The number of halogens is 2. The summed E-state index contributed by atoms with van der Waals surface area (Å²) >= 11 is 11.8. The molecular weight excluding hydrogens is 589 g/mol. The number of para-hydroxylation sites is 2. The van der Waals surface area contributed by atoms with Crippen LogP contribution in [0.5, 0.6) is 17.2 Å². The first-order chi connectivity index (χ1) is 20.2. The lowest BCUT2D eigenvalue weighted by atomic mass is 10.2. The molecule has 0 aromatic heterocycles. The summed E-state index contributed by atoms with van der Waals surface area (Å²) in [6, 6.07) is 21.9. The predicted molar refractivity (Wildman–Crippen MR) is 154 cm³/mol. The topological polar surface area (TPSA) is 146 Å². The number of nitro groups is 1. The molecule has 4 rings (SSSR count). The van der Waals surface area contributed by atoms with Crippen LogP contribution in [-0.2, 0) is 4.79 Å². The van der Waals surface area contributed by atoms with Crippen molar-refractivity contribution in [2.75, 3.05) is 6.61 Å². The molecule has 42 heavy (non-hydrogen) atoms. The second kappa shape index (κ2) is 13.9. The van der Waals surface area contributed by atoms with E-state index in [-0.39, 0.29) is 39.6 Å². The third-order valence-electron chi connectivity index (χ3n) is 5.37. The van der Waals surface area contributed by atoms with Crippen LogP contribution in [0.3, 0.4) is 0 Å². The van der Waals surface area contributed by atoms with Gasteiger partial charge >= 0.3 is 17.6 Å². The number of amides is 1. The minimum Gasteiger partial charge on any atom is -0.477 e. The predicted octanol–water partition coefficient (Wildman–Crippen LogP) is 5.87. The average Bonchev–Trinajstić information content (AvgIpc) is 2.98. The fourth-order valence-corrected chi connectivity index (χ4v) is 3.60. The number of nitrogens with zero attached hydrogens (tertiary/aromatic N) is 2. The fourth-order valence-electron chi connectivity index (χ4n) is 3.35. The van der Waals surface area contributed by atoms with E-state index in [1.165, 1.54) is 97.2 Å². The van der Waals surface area contributed by atoms with E-state index in [0.717, 1.165) is 0 Å². The largest absolute Gasteiger partial charge is 0.477 e. The zero-order valence-electron chi connectivity index (χ0n) is 21.4. The van der Waals surface area contributed by atoms with E-state index in [0.29, 0.717) is 10.0 Å². The number of hydrogen-bond donors (Lipinski definition) is 1. The number of nitrogens with one attached hydrogen (secondary N) is 1. The van der Waals surface area contributed by atoms with Gasteiger partial charge in [0.25, 0.3) is 5.91 Å². The Hall–Kier alpha value is -5.26.